The largest absolute Gasteiger partial charge is 0.394 e. The molecule has 0 bridgehead atoms. The van der Waals surface area contributed by atoms with E-state index in [-0.39, 0.29) is 0 Å². The number of hydrogen-bond donors (Lipinski definition) is 4. The van der Waals surface area contributed by atoms with Crippen molar-refractivity contribution in [2.75, 3.05) is 11.9 Å². The first kappa shape index (κ1) is 21.0. The minimum atomic E-state index is -1.25. The Balaban J connectivity index is 1.59. The highest BCUT2D eigenvalue weighted by Crippen LogP contribution is 2.38. The van der Waals surface area contributed by atoms with Gasteiger partial charge in [-0.3, -0.25) is 4.57 Å². The van der Waals surface area contributed by atoms with Crippen molar-refractivity contribution in [3.05, 3.63) is 59.2 Å². The van der Waals surface area contributed by atoms with Gasteiger partial charge in [0.15, 0.2) is 29.0 Å². The normalized spacial score (nSPS) is 23.1. The van der Waals surface area contributed by atoms with Gasteiger partial charge < -0.3 is 25.4 Å². The minimum absolute atomic E-state index is 0.409. The van der Waals surface area contributed by atoms with Gasteiger partial charge in [-0.05, 0) is 29.5 Å². The number of hydrogen-bond acceptors (Lipinski definition) is 9. The number of rotatable bonds is 6. The van der Waals surface area contributed by atoms with Crippen LogP contribution in [-0.4, -0.2) is 59.8 Å². The van der Waals surface area contributed by atoms with Crippen LogP contribution in [0, 0.1) is 6.92 Å². The van der Waals surface area contributed by atoms with Gasteiger partial charge >= 0.3 is 0 Å². The number of aryl methyl sites for hydroxylation is 1. The maximum atomic E-state index is 10.7. The van der Waals surface area contributed by atoms with E-state index in [1.807, 2.05) is 29.6 Å². The molecule has 0 radical (unpaired) electrons. The van der Waals surface area contributed by atoms with Gasteiger partial charge in [-0.2, -0.15) is 0 Å². The Labute approximate surface area is 188 Å². The Morgan fingerprint density at radius 2 is 1.97 bits per heavy atom. The fourth-order valence-electron chi connectivity index (χ4n) is 3.94. The second-order valence-electron chi connectivity index (χ2n) is 7.69. The molecule has 4 N–H and O–H groups in total. The van der Waals surface area contributed by atoms with E-state index in [4.69, 9.17) is 9.72 Å². The number of anilines is 1. The topological polar surface area (TPSA) is 126 Å². The van der Waals surface area contributed by atoms with E-state index in [1.54, 1.807) is 4.57 Å². The number of benzene rings is 1. The van der Waals surface area contributed by atoms with Crippen LogP contribution in [0.15, 0.2) is 48.1 Å². The van der Waals surface area contributed by atoms with Crippen molar-refractivity contribution >= 4 is 28.3 Å². The molecule has 32 heavy (non-hydrogen) atoms. The van der Waals surface area contributed by atoms with Crippen molar-refractivity contribution in [3.63, 3.8) is 0 Å². The molecule has 3 aromatic heterocycles. The van der Waals surface area contributed by atoms with Gasteiger partial charge in [-0.25, -0.2) is 15.0 Å². The lowest BCUT2D eigenvalue weighted by atomic mass is 10.1. The molecular weight excluding hydrogens is 430 g/mol. The quantitative estimate of drug-likeness (QED) is 0.350. The molecule has 0 amide bonds. The molecule has 0 saturated carbocycles. The van der Waals surface area contributed by atoms with Gasteiger partial charge in [0.1, 0.15) is 24.6 Å². The van der Waals surface area contributed by atoms with Crippen molar-refractivity contribution in [1.29, 1.82) is 0 Å². The summed E-state index contributed by atoms with van der Waals surface area (Å²) in [5, 5.41) is 35.8. The Kier molecular flexibility index (Phi) is 5.62. The second-order valence-corrected chi connectivity index (χ2v) is 8.63. The average Bonchev–Trinajstić information content (AvgIpc) is 3.52. The molecule has 5 rings (SSSR count). The minimum Gasteiger partial charge on any atom is -0.394 e. The van der Waals surface area contributed by atoms with Crippen molar-refractivity contribution in [3.8, 4) is 10.7 Å². The molecule has 1 aliphatic heterocycles. The van der Waals surface area contributed by atoms with Gasteiger partial charge in [0.25, 0.3) is 0 Å². The summed E-state index contributed by atoms with van der Waals surface area (Å²) in [7, 11) is 0. The lowest BCUT2D eigenvalue weighted by molar-refractivity contribution is -0.0503. The van der Waals surface area contributed by atoms with Crippen LogP contribution < -0.4 is 5.32 Å². The lowest BCUT2D eigenvalue weighted by Crippen LogP contribution is -2.33. The lowest BCUT2D eigenvalue weighted by Gasteiger charge is -2.19. The number of aromatic nitrogens is 4. The summed E-state index contributed by atoms with van der Waals surface area (Å²) in [5.74, 6) is 1.10. The molecule has 4 aromatic rings. The molecule has 1 saturated heterocycles. The van der Waals surface area contributed by atoms with Crippen LogP contribution in [0.3, 0.4) is 0 Å². The first-order valence-electron chi connectivity index (χ1n) is 10.3. The van der Waals surface area contributed by atoms with Gasteiger partial charge in [0.2, 0.25) is 0 Å². The van der Waals surface area contributed by atoms with E-state index in [0.717, 1.165) is 10.4 Å². The number of aliphatic hydroxyl groups is 3. The standard InChI is InChI=1S/C22H23N5O4S/c1-12-5-2-3-6-13(12)9-23-19-16-21(25-11-24-19)27(20(26-16)15-7-4-8-32-15)22-18(30)17(29)14(10-28)31-22/h2-8,11,14,17-18,22,28-30H,9-10H2,1H3,(H,23,24,25)/t14-,17-,18-,22?/m1/s1. The van der Waals surface area contributed by atoms with E-state index in [9.17, 15) is 15.3 Å². The molecule has 4 heterocycles. The summed E-state index contributed by atoms with van der Waals surface area (Å²) in [6, 6.07) is 11.9. The number of nitrogens with one attached hydrogen (secondary N) is 1. The van der Waals surface area contributed by atoms with Gasteiger partial charge in [0, 0.05) is 6.54 Å². The fraction of sp³-hybridized carbons (Fsp3) is 0.318. The number of aliphatic hydroxyl groups excluding tert-OH is 3. The van der Waals surface area contributed by atoms with E-state index < -0.39 is 31.1 Å². The van der Waals surface area contributed by atoms with E-state index in [2.05, 4.69) is 34.3 Å². The highest BCUT2D eigenvalue weighted by Gasteiger charge is 2.45. The smallest absolute Gasteiger partial charge is 0.168 e. The average molecular weight is 454 g/mol. The second kappa shape index (κ2) is 8.57. The van der Waals surface area contributed by atoms with Crippen molar-refractivity contribution < 1.29 is 20.1 Å². The Bertz CT molecular complexity index is 1230. The Hall–Kier alpha value is -2.89. The van der Waals surface area contributed by atoms with E-state index in [0.29, 0.717) is 29.4 Å². The molecule has 1 aliphatic rings. The number of imidazole rings is 1. The number of fused-ring (bicyclic) bond motifs is 1. The molecular formula is C22H23N5O4S. The summed E-state index contributed by atoms with van der Waals surface area (Å²) in [6.45, 7) is 2.21. The number of ether oxygens (including phenoxy) is 1. The zero-order valence-electron chi connectivity index (χ0n) is 17.3. The predicted octanol–water partition coefficient (Wildman–Crippen LogP) is 2.09. The third-order valence-corrected chi connectivity index (χ3v) is 6.56. The highest BCUT2D eigenvalue weighted by molar-refractivity contribution is 7.13. The zero-order valence-corrected chi connectivity index (χ0v) is 18.1. The monoisotopic (exact) mass is 453 g/mol. The predicted molar refractivity (Wildman–Crippen MR) is 120 cm³/mol. The summed E-state index contributed by atoms with van der Waals surface area (Å²) < 4.78 is 7.48. The van der Waals surface area contributed by atoms with Crippen molar-refractivity contribution in [1.82, 2.24) is 19.5 Å². The van der Waals surface area contributed by atoms with Crippen LogP contribution in [0.1, 0.15) is 17.4 Å². The molecule has 9 nitrogen and oxygen atoms in total. The third kappa shape index (κ3) is 3.55. The zero-order chi connectivity index (χ0) is 22.2. The van der Waals surface area contributed by atoms with Crippen LogP contribution in [0.2, 0.25) is 0 Å². The van der Waals surface area contributed by atoms with Crippen LogP contribution in [0.25, 0.3) is 21.9 Å². The van der Waals surface area contributed by atoms with Crippen LogP contribution in [0.5, 0.6) is 0 Å². The fourth-order valence-corrected chi connectivity index (χ4v) is 4.65. The summed E-state index contributed by atoms with van der Waals surface area (Å²) in [4.78, 5) is 14.5. The van der Waals surface area contributed by atoms with Gasteiger partial charge in [-0.15, -0.1) is 11.3 Å². The maximum Gasteiger partial charge on any atom is 0.168 e. The Morgan fingerprint density at radius 3 is 2.69 bits per heavy atom. The highest BCUT2D eigenvalue weighted by atomic mass is 32.1. The van der Waals surface area contributed by atoms with Crippen LogP contribution in [0.4, 0.5) is 5.82 Å². The van der Waals surface area contributed by atoms with Crippen LogP contribution >= 0.6 is 11.3 Å². The first-order chi connectivity index (χ1) is 15.6. The Morgan fingerprint density at radius 1 is 1.12 bits per heavy atom. The van der Waals surface area contributed by atoms with Gasteiger partial charge in [-0.1, -0.05) is 30.3 Å². The maximum absolute atomic E-state index is 10.7. The molecule has 1 fully saturated rings. The SMILES string of the molecule is Cc1ccccc1CNc1ncnc2c1nc(-c1cccs1)n2C1O[C@H](CO)[C@@H](O)[C@H]1O. The molecule has 1 aromatic carbocycles. The molecule has 10 heteroatoms. The molecule has 166 valence electrons. The first-order valence-corrected chi connectivity index (χ1v) is 11.1. The molecule has 0 aliphatic carbocycles. The van der Waals surface area contributed by atoms with E-state index >= 15 is 0 Å². The number of nitrogens with zero attached hydrogens (tertiary/aromatic N) is 4. The van der Waals surface area contributed by atoms with Crippen molar-refractivity contribution in [2.45, 2.75) is 38.0 Å². The molecule has 1 unspecified atom stereocenters. The van der Waals surface area contributed by atoms with E-state index in [1.165, 1.54) is 23.2 Å². The third-order valence-electron chi connectivity index (χ3n) is 5.70. The van der Waals surface area contributed by atoms with Gasteiger partial charge in [0.05, 0.1) is 11.5 Å². The van der Waals surface area contributed by atoms with Crippen LogP contribution in [-0.2, 0) is 11.3 Å². The number of thiophene rings is 1. The summed E-state index contributed by atoms with van der Waals surface area (Å²) in [5.41, 5.74) is 3.30. The summed E-state index contributed by atoms with van der Waals surface area (Å²) >= 11 is 1.49. The molecule has 0 spiro atoms. The van der Waals surface area contributed by atoms with Crippen molar-refractivity contribution in [2.24, 2.45) is 0 Å². The molecule has 4 atom stereocenters. The summed E-state index contributed by atoms with van der Waals surface area (Å²) in [6.07, 6.45) is -2.89.